The number of hydrogen-bond acceptors (Lipinski definition) is 2. The number of H-pyrrole nitrogens is 1. The van der Waals surface area contributed by atoms with Crippen molar-refractivity contribution in [3.8, 4) is 11.1 Å². The van der Waals surface area contributed by atoms with Crippen molar-refractivity contribution in [1.82, 2.24) is 15.6 Å². The third-order valence-electron chi connectivity index (χ3n) is 5.79. The fraction of sp³-hybridized carbons (Fsp3) is 0.308. The van der Waals surface area contributed by atoms with Gasteiger partial charge >= 0.3 is 0 Å². The van der Waals surface area contributed by atoms with Crippen molar-refractivity contribution in [3.63, 3.8) is 0 Å². The van der Waals surface area contributed by atoms with Gasteiger partial charge in [-0.15, -0.1) is 0 Å². The highest BCUT2D eigenvalue weighted by molar-refractivity contribution is 5.97. The van der Waals surface area contributed by atoms with E-state index in [2.05, 4.69) is 65.9 Å². The van der Waals surface area contributed by atoms with Gasteiger partial charge in [-0.1, -0.05) is 18.2 Å². The molecule has 0 aliphatic heterocycles. The maximum absolute atomic E-state index is 12.4. The normalized spacial score (nSPS) is 14.0. The van der Waals surface area contributed by atoms with Crippen molar-refractivity contribution in [2.45, 2.75) is 46.1 Å². The number of fused-ring (bicyclic) bond motifs is 1. The summed E-state index contributed by atoms with van der Waals surface area (Å²) in [6, 6.07) is 13.2. The molecule has 160 valence electrons. The highest BCUT2D eigenvalue weighted by atomic mass is 16.2. The van der Waals surface area contributed by atoms with Crippen LogP contribution < -0.4 is 10.6 Å². The van der Waals surface area contributed by atoms with Gasteiger partial charge in [0.25, 0.3) is 0 Å². The van der Waals surface area contributed by atoms with Crippen molar-refractivity contribution in [2.75, 3.05) is 6.54 Å². The number of carbonyl (C=O) groups excluding carboxylic acids is 2. The first-order valence-corrected chi connectivity index (χ1v) is 10.9. The molecular formula is C26H29N3O2. The summed E-state index contributed by atoms with van der Waals surface area (Å²) in [4.78, 5) is 27.4. The second-order valence-electron chi connectivity index (χ2n) is 8.48. The molecule has 1 heterocycles. The summed E-state index contributed by atoms with van der Waals surface area (Å²) >= 11 is 0. The molecule has 3 N–H and O–H groups in total. The maximum atomic E-state index is 12.4. The smallest absolute Gasteiger partial charge is 0.246 e. The highest BCUT2D eigenvalue weighted by Crippen LogP contribution is 2.30. The molecule has 3 aromatic rings. The molecule has 1 aliphatic rings. The highest BCUT2D eigenvalue weighted by Gasteiger charge is 2.22. The average molecular weight is 416 g/mol. The summed E-state index contributed by atoms with van der Waals surface area (Å²) in [6.45, 7) is 6.32. The molecule has 31 heavy (non-hydrogen) atoms. The number of rotatable bonds is 7. The minimum atomic E-state index is -0.140. The first kappa shape index (κ1) is 20.9. The number of amides is 2. The van der Waals surface area contributed by atoms with Crippen LogP contribution in [0.15, 0.2) is 48.2 Å². The van der Waals surface area contributed by atoms with Crippen molar-refractivity contribution >= 4 is 28.8 Å². The fourth-order valence-corrected chi connectivity index (χ4v) is 3.78. The van der Waals surface area contributed by atoms with E-state index in [9.17, 15) is 9.59 Å². The van der Waals surface area contributed by atoms with Crippen LogP contribution in [0, 0.1) is 13.8 Å². The molecule has 2 amide bonds. The lowest BCUT2D eigenvalue weighted by Gasteiger charge is -2.12. The van der Waals surface area contributed by atoms with Gasteiger partial charge in [0, 0.05) is 36.3 Å². The summed E-state index contributed by atoms with van der Waals surface area (Å²) in [5.74, 6) is -0.137. The molecule has 0 unspecified atom stereocenters. The molecule has 1 aliphatic carbocycles. The van der Waals surface area contributed by atoms with E-state index in [-0.39, 0.29) is 11.8 Å². The van der Waals surface area contributed by atoms with Crippen molar-refractivity contribution in [1.29, 1.82) is 0 Å². The van der Waals surface area contributed by atoms with Gasteiger partial charge in [-0.25, -0.2) is 0 Å². The number of nitrogens with one attached hydrogen (secondary N) is 3. The lowest BCUT2D eigenvalue weighted by Crippen LogP contribution is -2.31. The van der Waals surface area contributed by atoms with Crippen LogP contribution >= 0.6 is 0 Å². The standard InChI is InChI=1S/C26H29N3O2/c1-16-14-23(19-4-7-24-20(15-19)8-10-27-24)17(2)12-21(16)13-18(3)26(31)28-11-9-25(30)29-22-5-6-22/h4,7-8,10,12-15,22,27H,5-6,9,11H2,1-3H3,(H,28,31)(H,29,30)/b18-13+. The van der Waals surface area contributed by atoms with E-state index >= 15 is 0 Å². The number of aryl methyl sites for hydroxylation is 2. The van der Waals surface area contributed by atoms with E-state index in [1.165, 1.54) is 16.5 Å². The molecule has 0 bridgehead atoms. The zero-order valence-electron chi connectivity index (χ0n) is 18.3. The van der Waals surface area contributed by atoms with Crippen LogP contribution in [-0.4, -0.2) is 29.4 Å². The summed E-state index contributed by atoms with van der Waals surface area (Å²) in [5.41, 5.74) is 7.45. The Kier molecular flexibility index (Phi) is 5.94. The van der Waals surface area contributed by atoms with Gasteiger partial charge in [0.1, 0.15) is 0 Å². The fourth-order valence-electron chi connectivity index (χ4n) is 3.78. The summed E-state index contributed by atoms with van der Waals surface area (Å²) in [7, 11) is 0. The Morgan fingerprint density at radius 1 is 1.10 bits per heavy atom. The van der Waals surface area contributed by atoms with Gasteiger partial charge < -0.3 is 15.6 Å². The second kappa shape index (κ2) is 8.80. The van der Waals surface area contributed by atoms with Crippen LogP contribution in [-0.2, 0) is 9.59 Å². The second-order valence-corrected chi connectivity index (χ2v) is 8.48. The molecule has 0 spiro atoms. The number of carbonyl (C=O) groups is 2. The van der Waals surface area contributed by atoms with Gasteiger partial charge in [0.2, 0.25) is 11.8 Å². The minimum Gasteiger partial charge on any atom is -0.361 e. The molecule has 5 heteroatoms. The summed E-state index contributed by atoms with van der Waals surface area (Å²) in [6.07, 6.45) is 6.32. The summed E-state index contributed by atoms with van der Waals surface area (Å²) in [5, 5.41) is 6.96. The van der Waals surface area contributed by atoms with Crippen molar-refractivity contribution in [2.24, 2.45) is 0 Å². The first-order chi connectivity index (χ1) is 14.9. The van der Waals surface area contributed by atoms with Gasteiger partial charge in [-0.05, 0) is 91.1 Å². The maximum Gasteiger partial charge on any atom is 0.246 e. The average Bonchev–Trinajstić information content (AvgIpc) is 3.42. The van der Waals surface area contributed by atoms with Crippen LogP contribution in [0.1, 0.15) is 42.9 Å². The molecule has 0 radical (unpaired) electrons. The van der Waals surface area contributed by atoms with E-state index < -0.39 is 0 Å². The quantitative estimate of drug-likeness (QED) is 0.492. The largest absolute Gasteiger partial charge is 0.361 e. The van der Waals surface area contributed by atoms with Crippen LogP contribution in [0.2, 0.25) is 0 Å². The lowest BCUT2D eigenvalue weighted by molar-refractivity contribution is -0.121. The predicted octanol–water partition coefficient (Wildman–Crippen LogP) is 4.64. The lowest BCUT2D eigenvalue weighted by atomic mass is 9.93. The minimum absolute atomic E-state index is 0.00400. The van der Waals surface area contributed by atoms with Crippen LogP contribution in [0.25, 0.3) is 28.1 Å². The van der Waals surface area contributed by atoms with Crippen LogP contribution in [0.4, 0.5) is 0 Å². The Labute approximate surface area is 182 Å². The van der Waals surface area contributed by atoms with E-state index in [0.717, 1.165) is 35.0 Å². The Morgan fingerprint density at radius 3 is 2.68 bits per heavy atom. The van der Waals surface area contributed by atoms with E-state index in [1.54, 1.807) is 0 Å². The Morgan fingerprint density at radius 2 is 1.90 bits per heavy atom. The van der Waals surface area contributed by atoms with Gasteiger partial charge in [0.15, 0.2) is 0 Å². The van der Waals surface area contributed by atoms with Crippen molar-refractivity contribution in [3.05, 3.63) is 64.9 Å². The number of hydrogen-bond donors (Lipinski definition) is 3. The third-order valence-corrected chi connectivity index (χ3v) is 5.79. The van der Waals surface area contributed by atoms with Crippen LogP contribution in [0.3, 0.4) is 0 Å². The summed E-state index contributed by atoms with van der Waals surface area (Å²) < 4.78 is 0. The van der Waals surface area contributed by atoms with Crippen LogP contribution in [0.5, 0.6) is 0 Å². The Bertz CT molecular complexity index is 1170. The van der Waals surface area contributed by atoms with Gasteiger partial charge in [-0.3, -0.25) is 9.59 Å². The van der Waals surface area contributed by atoms with Crippen molar-refractivity contribution < 1.29 is 9.59 Å². The Balaban J connectivity index is 1.44. The molecule has 0 saturated heterocycles. The number of aromatic nitrogens is 1. The monoisotopic (exact) mass is 415 g/mol. The predicted molar refractivity (Wildman–Crippen MR) is 126 cm³/mol. The third kappa shape index (κ3) is 5.05. The van der Waals surface area contributed by atoms with Gasteiger partial charge in [0.05, 0.1) is 0 Å². The molecule has 0 atom stereocenters. The zero-order chi connectivity index (χ0) is 22.0. The zero-order valence-corrected chi connectivity index (χ0v) is 18.3. The SMILES string of the molecule is C/C(=C\c1cc(C)c(-c2ccc3[nH]ccc3c2)cc1C)C(=O)NCCC(=O)NC1CC1. The molecule has 1 aromatic heterocycles. The first-order valence-electron chi connectivity index (χ1n) is 10.9. The molecule has 1 fully saturated rings. The van der Waals surface area contributed by atoms with E-state index in [4.69, 9.17) is 0 Å². The van der Waals surface area contributed by atoms with E-state index in [1.807, 2.05) is 19.2 Å². The molecule has 2 aromatic carbocycles. The molecular weight excluding hydrogens is 386 g/mol. The number of aromatic amines is 1. The molecule has 1 saturated carbocycles. The molecule has 5 nitrogen and oxygen atoms in total. The molecule has 4 rings (SSSR count). The van der Waals surface area contributed by atoms with E-state index in [0.29, 0.717) is 24.6 Å². The topological polar surface area (TPSA) is 74.0 Å². The Hall–Kier alpha value is -3.34. The van der Waals surface area contributed by atoms with Gasteiger partial charge in [-0.2, -0.15) is 0 Å². The number of benzene rings is 2.